The fourth-order valence-electron chi connectivity index (χ4n) is 2.04. The topological polar surface area (TPSA) is 20.2 Å². The molecule has 2 aromatic carbocycles. The predicted molar refractivity (Wildman–Crippen MR) is 74.3 cm³/mol. The Kier molecular flexibility index (Phi) is 4.39. The summed E-state index contributed by atoms with van der Waals surface area (Å²) in [6, 6.07) is 8.35. The lowest BCUT2D eigenvalue weighted by Crippen LogP contribution is -2.12. The molecule has 2 aromatic rings. The van der Waals surface area contributed by atoms with Crippen molar-refractivity contribution in [3.63, 3.8) is 0 Å². The van der Waals surface area contributed by atoms with E-state index in [0.29, 0.717) is 11.6 Å². The zero-order valence-corrected chi connectivity index (χ0v) is 12.5. The van der Waals surface area contributed by atoms with Gasteiger partial charge in [0.2, 0.25) is 0 Å². The zero-order valence-electron chi connectivity index (χ0n) is 10.9. The minimum Gasteiger partial charge on any atom is -0.384 e. The van der Waals surface area contributed by atoms with E-state index in [1.54, 1.807) is 25.1 Å². The summed E-state index contributed by atoms with van der Waals surface area (Å²) in [5, 5.41) is 10.2. The van der Waals surface area contributed by atoms with E-state index in [0.717, 1.165) is 11.6 Å². The van der Waals surface area contributed by atoms with E-state index >= 15 is 0 Å². The van der Waals surface area contributed by atoms with Crippen molar-refractivity contribution in [3.8, 4) is 0 Å². The summed E-state index contributed by atoms with van der Waals surface area (Å²) in [4.78, 5) is 0. The van der Waals surface area contributed by atoms with Crippen LogP contribution in [-0.2, 0) is 6.18 Å². The number of rotatable bonds is 2. The Bertz CT molecular complexity index is 667. The van der Waals surface area contributed by atoms with Crippen LogP contribution in [0.2, 0.25) is 0 Å². The van der Waals surface area contributed by atoms with Crippen molar-refractivity contribution in [3.05, 3.63) is 68.9 Å². The molecule has 1 nitrogen and oxygen atoms in total. The molecule has 0 aliphatic heterocycles. The van der Waals surface area contributed by atoms with Gasteiger partial charge in [-0.25, -0.2) is 4.39 Å². The molecule has 0 heterocycles. The SMILES string of the molecule is Cc1cccc(C(O)c2cc(Br)cc(C(F)(F)F)c2F)c1. The molecule has 112 valence electrons. The van der Waals surface area contributed by atoms with Gasteiger partial charge in [-0.2, -0.15) is 13.2 Å². The first-order valence-electron chi connectivity index (χ1n) is 6.01. The van der Waals surface area contributed by atoms with Crippen LogP contribution in [0.3, 0.4) is 0 Å². The molecular weight excluding hydrogens is 352 g/mol. The molecule has 0 aliphatic carbocycles. The van der Waals surface area contributed by atoms with Crippen molar-refractivity contribution in [1.82, 2.24) is 0 Å². The smallest absolute Gasteiger partial charge is 0.384 e. The highest BCUT2D eigenvalue weighted by Gasteiger charge is 2.36. The minimum absolute atomic E-state index is 0.0536. The van der Waals surface area contributed by atoms with E-state index in [1.807, 2.05) is 0 Å². The Labute approximate surface area is 127 Å². The molecule has 0 radical (unpaired) electrons. The summed E-state index contributed by atoms with van der Waals surface area (Å²) in [7, 11) is 0. The fourth-order valence-corrected chi connectivity index (χ4v) is 2.51. The number of aliphatic hydroxyl groups is 1. The van der Waals surface area contributed by atoms with Crippen LogP contribution < -0.4 is 0 Å². The van der Waals surface area contributed by atoms with Gasteiger partial charge in [0.15, 0.2) is 0 Å². The number of aliphatic hydroxyl groups excluding tert-OH is 1. The molecule has 0 spiro atoms. The van der Waals surface area contributed by atoms with Gasteiger partial charge in [-0.15, -0.1) is 0 Å². The van der Waals surface area contributed by atoms with E-state index in [2.05, 4.69) is 15.9 Å². The quantitative estimate of drug-likeness (QED) is 0.745. The van der Waals surface area contributed by atoms with Gasteiger partial charge in [-0.3, -0.25) is 0 Å². The summed E-state index contributed by atoms with van der Waals surface area (Å²) in [5.41, 5.74) is -0.668. The molecule has 0 saturated heterocycles. The first-order chi connectivity index (χ1) is 9.70. The molecule has 0 saturated carbocycles. The van der Waals surface area contributed by atoms with Crippen LogP contribution in [0.1, 0.15) is 28.4 Å². The van der Waals surface area contributed by atoms with Gasteiger partial charge in [0.1, 0.15) is 11.9 Å². The van der Waals surface area contributed by atoms with Crippen molar-refractivity contribution in [2.45, 2.75) is 19.2 Å². The second-order valence-electron chi connectivity index (χ2n) is 4.67. The van der Waals surface area contributed by atoms with E-state index in [-0.39, 0.29) is 4.47 Å². The molecule has 0 aliphatic rings. The summed E-state index contributed by atoms with van der Waals surface area (Å²) in [5.74, 6) is -1.46. The first kappa shape index (κ1) is 16.0. The third-order valence-corrected chi connectivity index (χ3v) is 3.48. The molecule has 2 rings (SSSR count). The van der Waals surface area contributed by atoms with E-state index in [9.17, 15) is 22.7 Å². The molecule has 6 heteroatoms. The lowest BCUT2D eigenvalue weighted by molar-refractivity contribution is -0.140. The molecule has 1 atom stereocenters. The third-order valence-electron chi connectivity index (χ3n) is 3.02. The Morgan fingerprint density at radius 1 is 1.14 bits per heavy atom. The lowest BCUT2D eigenvalue weighted by Gasteiger charge is -2.17. The van der Waals surface area contributed by atoms with Gasteiger partial charge >= 0.3 is 6.18 Å². The highest BCUT2D eigenvalue weighted by Crippen LogP contribution is 2.37. The van der Waals surface area contributed by atoms with Gasteiger partial charge in [0, 0.05) is 10.0 Å². The average molecular weight is 363 g/mol. The van der Waals surface area contributed by atoms with Gasteiger partial charge < -0.3 is 5.11 Å². The zero-order chi connectivity index (χ0) is 15.8. The first-order valence-corrected chi connectivity index (χ1v) is 6.80. The Morgan fingerprint density at radius 3 is 2.38 bits per heavy atom. The van der Waals surface area contributed by atoms with Crippen molar-refractivity contribution in [2.24, 2.45) is 0 Å². The number of alkyl halides is 3. The molecule has 0 amide bonds. The maximum atomic E-state index is 14.1. The van der Waals surface area contributed by atoms with Crippen molar-refractivity contribution in [2.75, 3.05) is 0 Å². The van der Waals surface area contributed by atoms with Crippen LogP contribution >= 0.6 is 15.9 Å². The summed E-state index contributed by atoms with van der Waals surface area (Å²) < 4.78 is 52.5. The molecule has 1 unspecified atom stereocenters. The summed E-state index contributed by atoms with van der Waals surface area (Å²) >= 11 is 2.92. The molecule has 0 bridgehead atoms. The predicted octanol–water partition coefficient (Wildman–Crippen LogP) is 5.00. The van der Waals surface area contributed by atoms with Crippen LogP contribution in [-0.4, -0.2) is 5.11 Å². The molecule has 0 fully saturated rings. The van der Waals surface area contributed by atoms with Crippen LogP contribution in [0.5, 0.6) is 0 Å². The van der Waals surface area contributed by atoms with E-state index in [4.69, 9.17) is 0 Å². The maximum Gasteiger partial charge on any atom is 0.419 e. The van der Waals surface area contributed by atoms with Crippen LogP contribution in [0.25, 0.3) is 0 Å². The maximum absolute atomic E-state index is 14.1. The molecule has 1 N–H and O–H groups in total. The standard InChI is InChI=1S/C15H11BrF4O/c1-8-3-2-4-9(5-8)14(21)11-6-10(16)7-12(13(11)17)15(18,19)20/h2-7,14,21H,1H3. The van der Waals surface area contributed by atoms with Crippen LogP contribution in [0, 0.1) is 12.7 Å². The van der Waals surface area contributed by atoms with E-state index < -0.39 is 29.2 Å². The minimum atomic E-state index is -4.82. The second-order valence-corrected chi connectivity index (χ2v) is 5.59. The monoisotopic (exact) mass is 362 g/mol. The largest absolute Gasteiger partial charge is 0.419 e. The Morgan fingerprint density at radius 2 is 1.81 bits per heavy atom. The van der Waals surface area contributed by atoms with Crippen molar-refractivity contribution < 1.29 is 22.7 Å². The van der Waals surface area contributed by atoms with E-state index in [1.165, 1.54) is 6.07 Å². The second kappa shape index (κ2) is 5.77. The normalized spacial score (nSPS) is 13.3. The number of hydrogen-bond acceptors (Lipinski definition) is 1. The summed E-state index contributed by atoms with van der Waals surface area (Å²) in [6.07, 6.45) is -6.29. The lowest BCUT2D eigenvalue weighted by atomic mass is 9.97. The van der Waals surface area contributed by atoms with Crippen LogP contribution in [0.4, 0.5) is 17.6 Å². The molecule has 21 heavy (non-hydrogen) atoms. The number of aryl methyl sites for hydroxylation is 1. The Hall–Kier alpha value is -1.40. The summed E-state index contributed by atoms with van der Waals surface area (Å²) in [6.45, 7) is 1.77. The fraction of sp³-hybridized carbons (Fsp3) is 0.200. The van der Waals surface area contributed by atoms with Gasteiger partial charge in [0.05, 0.1) is 5.56 Å². The number of hydrogen-bond donors (Lipinski definition) is 1. The van der Waals surface area contributed by atoms with Gasteiger partial charge in [-0.1, -0.05) is 45.8 Å². The van der Waals surface area contributed by atoms with Gasteiger partial charge in [-0.05, 0) is 24.6 Å². The molecular formula is C15H11BrF4O. The highest BCUT2D eigenvalue weighted by molar-refractivity contribution is 9.10. The van der Waals surface area contributed by atoms with Crippen molar-refractivity contribution in [1.29, 1.82) is 0 Å². The molecule has 0 aromatic heterocycles. The van der Waals surface area contributed by atoms with Gasteiger partial charge in [0.25, 0.3) is 0 Å². The average Bonchev–Trinajstić information content (AvgIpc) is 2.39. The van der Waals surface area contributed by atoms with Crippen LogP contribution in [0.15, 0.2) is 40.9 Å². The number of halogens is 5. The van der Waals surface area contributed by atoms with Crippen molar-refractivity contribution >= 4 is 15.9 Å². The third kappa shape index (κ3) is 3.44. The highest BCUT2D eigenvalue weighted by atomic mass is 79.9. The number of benzene rings is 2. The Balaban J connectivity index is 2.56.